The minimum atomic E-state index is -1.40. The zero-order valence-corrected chi connectivity index (χ0v) is 16.4. The van der Waals surface area contributed by atoms with Gasteiger partial charge in [0.05, 0.1) is 6.10 Å². The third kappa shape index (κ3) is 2.15. The van der Waals surface area contributed by atoms with Crippen LogP contribution in [0.4, 0.5) is 0 Å². The molecule has 4 aliphatic rings. The average Bonchev–Trinajstić information content (AvgIpc) is 2.83. The Balaban J connectivity index is 1.71. The van der Waals surface area contributed by atoms with Crippen LogP contribution >= 0.6 is 0 Å². The van der Waals surface area contributed by atoms with Crippen molar-refractivity contribution in [2.75, 3.05) is 6.61 Å². The monoisotopic (exact) mass is 362 g/mol. The maximum atomic E-state index is 12.6. The van der Waals surface area contributed by atoms with Crippen molar-refractivity contribution < 1.29 is 20.1 Å². The second kappa shape index (κ2) is 5.89. The minimum Gasteiger partial charge on any atom is -0.393 e. The molecule has 0 aromatic heterocycles. The average molecular weight is 363 g/mol. The van der Waals surface area contributed by atoms with Crippen molar-refractivity contribution in [3.63, 3.8) is 0 Å². The fourth-order valence-corrected chi connectivity index (χ4v) is 7.70. The van der Waals surface area contributed by atoms with Crippen LogP contribution in [-0.4, -0.2) is 39.4 Å². The number of carbonyl (C=O) groups is 1. The minimum absolute atomic E-state index is 0.109. The van der Waals surface area contributed by atoms with E-state index >= 15 is 0 Å². The molecule has 0 saturated heterocycles. The highest BCUT2D eigenvalue weighted by Crippen LogP contribution is 2.68. The SMILES string of the molecule is C[C@@H]1C[C@H]2[C@@H]3CC=C4C[C@@H](O)CC[C@]4(C)[C@H]3CC[C@]2(C)[C@@]1(O)C(=O)CO. The standard InChI is InChI=1S/C22H34O4/c1-13-10-18-16-5-4-14-11-15(24)6-8-20(14,2)17(16)7-9-21(18,3)22(13,26)19(25)12-23/h4,13,15-18,23-24,26H,5-12H2,1-3H3/t13-,15+,16-,17+,18+,20+,21+,22+/m1/s1. The first-order chi connectivity index (χ1) is 12.2. The molecule has 4 nitrogen and oxygen atoms in total. The zero-order chi connectivity index (χ0) is 18.9. The molecule has 0 bridgehead atoms. The summed E-state index contributed by atoms with van der Waals surface area (Å²) in [5.41, 5.74) is -0.239. The molecule has 0 unspecified atom stereocenters. The van der Waals surface area contributed by atoms with Crippen LogP contribution in [0.5, 0.6) is 0 Å². The molecule has 4 rings (SSSR count). The summed E-state index contributed by atoms with van der Waals surface area (Å²) in [6.45, 7) is 5.89. The van der Waals surface area contributed by atoms with Crippen molar-refractivity contribution >= 4 is 5.78 Å². The Morgan fingerprint density at radius 1 is 1.23 bits per heavy atom. The number of fused-ring (bicyclic) bond motifs is 5. The number of aliphatic hydroxyl groups is 3. The highest BCUT2D eigenvalue weighted by atomic mass is 16.3. The molecule has 4 heteroatoms. The van der Waals surface area contributed by atoms with Gasteiger partial charge in [-0.1, -0.05) is 32.4 Å². The Hall–Kier alpha value is -0.710. The van der Waals surface area contributed by atoms with Crippen molar-refractivity contribution in [2.45, 2.75) is 77.4 Å². The first kappa shape index (κ1) is 18.6. The van der Waals surface area contributed by atoms with E-state index in [0.717, 1.165) is 44.9 Å². The van der Waals surface area contributed by atoms with Crippen LogP contribution in [-0.2, 0) is 4.79 Å². The van der Waals surface area contributed by atoms with Crippen LogP contribution in [0, 0.1) is 34.5 Å². The smallest absolute Gasteiger partial charge is 0.190 e. The van der Waals surface area contributed by atoms with Gasteiger partial charge in [0, 0.05) is 5.41 Å². The van der Waals surface area contributed by atoms with E-state index in [0.29, 0.717) is 17.8 Å². The Bertz CT molecular complexity index is 642. The van der Waals surface area contributed by atoms with Crippen LogP contribution in [0.3, 0.4) is 0 Å². The van der Waals surface area contributed by atoms with Gasteiger partial charge in [-0.3, -0.25) is 4.79 Å². The summed E-state index contributed by atoms with van der Waals surface area (Å²) in [6.07, 6.45) is 8.63. The van der Waals surface area contributed by atoms with Crippen molar-refractivity contribution in [1.29, 1.82) is 0 Å². The van der Waals surface area contributed by atoms with Crippen molar-refractivity contribution in [3.05, 3.63) is 11.6 Å². The normalized spacial score (nSPS) is 53.3. The van der Waals surface area contributed by atoms with Crippen LogP contribution in [0.2, 0.25) is 0 Å². The molecule has 3 saturated carbocycles. The largest absolute Gasteiger partial charge is 0.393 e. The van der Waals surface area contributed by atoms with E-state index in [2.05, 4.69) is 19.9 Å². The van der Waals surface area contributed by atoms with Gasteiger partial charge < -0.3 is 15.3 Å². The molecule has 0 radical (unpaired) electrons. The number of allylic oxidation sites excluding steroid dienone is 1. The van der Waals surface area contributed by atoms with Gasteiger partial charge in [0.25, 0.3) is 0 Å². The van der Waals surface area contributed by atoms with Crippen LogP contribution < -0.4 is 0 Å². The van der Waals surface area contributed by atoms with E-state index in [4.69, 9.17) is 0 Å². The van der Waals surface area contributed by atoms with Gasteiger partial charge in [-0.05, 0) is 74.0 Å². The highest BCUT2D eigenvalue weighted by molar-refractivity contribution is 5.90. The molecular formula is C22H34O4. The molecule has 3 fully saturated rings. The van der Waals surface area contributed by atoms with Crippen molar-refractivity contribution in [1.82, 2.24) is 0 Å². The van der Waals surface area contributed by atoms with Gasteiger partial charge >= 0.3 is 0 Å². The van der Waals surface area contributed by atoms with Crippen LogP contribution in [0.15, 0.2) is 11.6 Å². The van der Waals surface area contributed by atoms with Crippen LogP contribution in [0.1, 0.15) is 65.7 Å². The maximum absolute atomic E-state index is 12.6. The summed E-state index contributed by atoms with van der Waals surface area (Å²) in [7, 11) is 0. The lowest BCUT2D eigenvalue weighted by molar-refractivity contribution is -0.169. The van der Waals surface area contributed by atoms with Gasteiger partial charge in [-0.15, -0.1) is 0 Å². The Labute approximate surface area is 156 Å². The van der Waals surface area contributed by atoms with Crippen LogP contribution in [0.25, 0.3) is 0 Å². The lowest BCUT2D eigenvalue weighted by Crippen LogP contribution is -2.59. The molecule has 146 valence electrons. The van der Waals surface area contributed by atoms with Crippen molar-refractivity contribution in [2.24, 2.45) is 34.5 Å². The lowest BCUT2D eigenvalue weighted by atomic mass is 9.46. The zero-order valence-electron chi connectivity index (χ0n) is 16.4. The molecule has 0 aromatic carbocycles. The summed E-state index contributed by atoms with van der Waals surface area (Å²) in [4.78, 5) is 12.6. The Kier molecular flexibility index (Phi) is 4.22. The van der Waals surface area contributed by atoms with E-state index < -0.39 is 23.4 Å². The predicted octanol–water partition coefficient (Wildman–Crippen LogP) is 2.85. The second-order valence-corrected chi connectivity index (χ2v) is 10.1. The second-order valence-electron chi connectivity index (χ2n) is 10.1. The van der Waals surface area contributed by atoms with E-state index in [1.165, 1.54) is 5.57 Å². The number of carbonyl (C=O) groups excluding carboxylic acids is 1. The van der Waals surface area contributed by atoms with E-state index in [1.807, 2.05) is 6.92 Å². The van der Waals surface area contributed by atoms with E-state index in [1.54, 1.807) is 0 Å². The molecule has 0 heterocycles. The third-order valence-corrected chi connectivity index (χ3v) is 9.23. The molecule has 26 heavy (non-hydrogen) atoms. The molecule has 8 atom stereocenters. The molecule has 3 N–H and O–H groups in total. The topological polar surface area (TPSA) is 77.8 Å². The molecular weight excluding hydrogens is 328 g/mol. The number of rotatable bonds is 2. The van der Waals surface area contributed by atoms with E-state index in [-0.39, 0.29) is 17.4 Å². The first-order valence-electron chi connectivity index (χ1n) is 10.4. The van der Waals surface area contributed by atoms with E-state index in [9.17, 15) is 20.1 Å². The highest BCUT2D eigenvalue weighted by Gasteiger charge is 2.68. The summed E-state index contributed by atoms with van der Waals surface area (Å²) in [5.74, 6) is 0.876. The summed E-state index contributed by atoms with van der Waals surface area (Å²) in [6, 6.07) is 0. The number of hydrogen-bond acceptors (Lipinski definition) is 4. The lowest BCUT2D eigenvalue weighted by Gasteiger charge is -2.58. The molecule has 0 amide bonds. The van der Waals surface area contributed by atoms with Gasteiger partial charge in [-0.2, -0.15) is 0 Å². The van der Waals surface area contributed by atoms with Gasteiger partial charge in [0.1, 0.15) is 12.2 Å². The number of Topliss-reactive ketones (excluding diaryl/α,β-unsaturated/α-hetero) is 1. The fourth-order valence-electron chi connectivity index (χ4n) is 7.70. The summed E-state index contributed by atoms with van der Waals surface area (Å²) in [5, 5.41) is 31.0. The van der Waals surface area contributed by atoms with Gasteiger partial charge in [0.2, 0.25) is 0 Å². The summed E-state index contributed by atoms with van der Waals surface area (Å²) >= 11 is 0. The van der Waals surface area contributed by atoms with Crippen molar-refractivity contribution in [3.8, 4) is 0 Å². The first-order valence-corrected chi connectivity index (χ1v) is 10.4. The molecule has 0 aromatic rings. The Morgan fingerprint density at radius 3 is 2.65 bits per heavy atom. The third-order valence-electron chi connectivity index (χ3n) is 9.23. The maximum Gasteiger partial charge on any atom is 0.190 e. The predicted molar refractivity (Wildman–Crippen MR) is 99.3 cm³/mol. The number of hydrogen-bond donors (Lipinski definition) is 3. The number of ketones is 1. The fraction of sp³-hybridized carbons (Fsp3) is 0.864. The molecule has 4 aliphatic carbocycles. The quantitative estimate of drug-likeness (QED) is 0.660. The summed E-state index contributed by atoms with van der Waals surface area (Å²) < 4.78 is 0. The van der Waals surface area contributed by atoms with Gasteiger partial charge in [-0.25, -0.2) is 0 Å². The molecule has 0 aliphatic heterocycles. The van der Waals surface area contributed by atoms with Gasteiger partial charge in [0.15, 0.2) is 5.78 Å². The number of aliphatic hydroxyl groups excluding tert-OH is 2. The Morgan fingerprint density at radius 2 is 1.96 bits per heavy atom. The molecule has 0 spiro atoms.